The van der Waals surface area contributed by atoms with E-state index in [9.17, 15) is 14.7 Å². The number of nitrogens with zero attached hydrogens (tertiary/aromatic N) is 1. The average Bonchev–Trinajstić information content (AvgIpc) is 3.17. The Hall–Kier alpha value is -4.26. The predicted octanol–water partition coefficient (Wildman–Crippen LogP) is 4.84. The van der Waals surface area contributed by atoms with Gasteiger partial charge in [-0.2, -0.15) is 0 Å². The summed E-state index contributed by atoms with van der Waals surface area (Å²) in [6, 6.07) is 33.7. The third-order valence-electron chi connectivity index (χ3n) is 6.52. The summed E-state index contributed by atoms with van der Waals surface area (Å²) in [5.41, 5.74) is -2.29. The summed E-state index contributed by atoms with van der Waals surface area (Å²) < 4.78 is 11.6. The minimum absolute atomic E-state index is 0.0477. The minimum Gasteiger partial charge on any atom is -0.467 e. The highest BCUT2D eigenvalue weighted by Crippen LogP contribution is 2.54. The molecule has 4 aromatic carbocycles. The van der Waals surface area contributed by atoms with Gasteiger partial charge in [0.05, 0.1) is 19.4 Å². The molecule has 0 unspecified atom stereocenters. The van der Waals surface area contributed by atoms with E-state index in [1.165, 1.54) is 12.0 Å². The second kappa shape index (κ2) is 9.41. The van der Waals surface area contributed by atoms with Gasteiger partial charge in [0.15, 0.2) is 0 Å². The van der Waals surface area contributed by atoms with E-state index in [-0.39, 0.29) is 12.2 Å². The number of methoxy groups -OCH3 is 1. The number of aliphatic hydroxyl groups is 1. The Bertz CT molecular complexity index is 1380. The first-order valence-corrected chi connectivity index (χ1v) is 11.6. The van der Waals surface area contributed by atoms with Crippen LogP contribution in [0.1, 0.15) is 16.7 Å². The highest BCUT2D eigenvalue weighted by atomic mass is 16.6. The molecule has 36 heavy (non-hydrogen) atoms. The number of esters is 1. The van der Waals surface area contributed by atoms with Crippen molar-refractivity contribution in [2.24, 2.45) is 0 Å². The van der Waals surface area contributed by atoms with Gasteiger partial charge in [-0.15, -0.1) is 0 Å². The van der Waals surface area contributed by atoms with Gasteiger partial charge in [-0.3, -0.25) is 9.69 Å². The van der Waals surface area contributed by atoms with Crippen molar-refractivity contribution in [3.05, 3.63) is 132 Å². The number of anilines is 2. The van der Waals surface area contributed by atoms with Gasteiger partial charge < -0.3 is 14.6 Å². The summed E-state index contributed by atoms with van der Waals surface area (Å²) in [7, 11) is 1.22. The summed E-state index contributed by atoms with van der Waals surface area (Å²) in [4.78, 5) is 29.5. The Morgan fingerprint density at radius 3 is 2.03 bits per heavy atom. The van der Waals surface area contributed by atoms with E-state index in [4.69, 9.17) is 9.47 Å². The van der Waals surface area contributed by atoms with Gasteiger partial charge in [-0.1, -0.05) is 97.1 Å². The standard InChI is InChI=1S/C30H25NO5/c1-35-28(33)30(23-15-7-3-8-16-23,36-21-22-13-5-2-6-14-22)29(34)25-19-11-12-20-26(25)31(27(29)32)24-17-9-4-10-18-24/h2-20,34H,21H2,1H3/t29-,30+/m1/s1. The molecule has 1 amide bonds. The zero-order valence-electron chi connectivity index (χ0n) is 19.7. The van der Waals surface area contributed by atoms with Crippen LogP contribution in [0, 0.1) is 0 Å². The van der Waals surface area contributed by atoms with Crippen molar-refractivity contribution in [1.82, 2.24) is 0 Å². The first-order chi connectivity index (χ1) is 17.5. The Morgan fingerprint density at radius 1 is 0.833 bits per heavy atom. The number of hydrogen-bond donors (Lipinski definition) is 1. The van der Waals surface area contributed by atoms with Crippen LogP contribution >= 0.6 is 0 Å². The number of carbonyl (C=O) groups excluding carboxylic acids is 2. The van der Waals surface area contributed by atoms with Gasteiger partial charge in [0.1, 0.15) is 0 Å². The smallest absolute Gasteiger partial charge is 0.346 e. The molecule has 180 valence electrons. The summed E-state index contributed by atoms with van der Waals surface area (Å²) in [5, 5.41) is 12.6. The van der Waals surface area contributed by atoms with Gasteiger partial charge in [0.2, 0.25) is 11.2 Å². The second-order valence-corrected chi connectivity index (χ2v) is 8.52. The van der Waals surface area contributed by atoms with Crippen LogP contribution in [0.3, 0.4) is 0 Å². The average molecular weight is 480 g/mol. The zero-order chi connectivity index (χ0) is 25.2. The quantitative estimate of drug-likeness (QED) is 0.384. The number of carbonyl (C=O) groups is 2. The lowest BCUT2D eigenvalue weighted by atomic mass is 9.73. The fraction of sp³-hybridized carbons (Fsp3) is 0.133. The molecular formula is C30H25NO5. The minimum atomic E-state index is -2.43. The number of ether oxygens (including phenoxy) is 2. The molecule has 2 atom stereocenters. The lowest BCUT2D eigenvalue weighted by molar-refractivity contribution is -0.220. The normalized spacial score (nSPS) is 18.4. The molecule has 1 aliphatic rings. The first kappa shape index (κ1) is 23.5. The maximum absolute atomic E-state index is 14.3. The highest BCUT2D eigenvalue weighted by molar-refractivity contribution is 6.15. The van der Waals surface area contributed by atoms with Gasteiger partial charge in [0.25, 0.3) is 5.91 Å². The van der Waals surface area contributed by atoms with Crippen molar-refractivity contribution in [2.45, 2.75) is 17.8 Å². The maximum Gasteiger partial charge on any atom is 0.346 e. The van der Waals surface area contributed by atoms with Crippen LogP contribution in [0.25, 0.3) is 0 Å². The van der Waals surface area contributed by atoms with Gasteiger partial charge in [-0.25, -0.2) is 4.79 Å². The second-order valence-electron chi connectivity index (χ2n) is 8.52. The molecule has 4 aromatic rings. The van der Waals surface area contributed by atoms with E-state index in [0.29, 0.717) is 16.9 Å². The molecule has 1 heterocycles. The van der Waals surface area contributed by atoms with Crippen molar-refractivity contribution in [1.29, 1.82) is 0 Å². The Balaban J connectivity index is 1.77. The number of amides is 1. The molecule has 5 rings (SSSR count). The van der Waals surface area contributed by atoms with E-state index >= 15 is 0 Å². The van der Waals surface area contributed by atoms with Crippen LogP contribution in [-0.2, 0) is 36.9 Å². The van der Waals surface area contributed by atoms with Gasteiger partial charge in [-0.05, 0) is 29.3 Å². The van der Waals surface area contributed by atoms with Crippen LogP contribution in [0.5, 0.6) is 0 Å². The molecule has 0 spiro atoms. The monoisotopic (exact) mass is 479 g/mol. The SMILES string of the molecule is COC(=O)[C@@](OCc1ccccc1)(c1ccccc1)[C@]1(O)C(=O)N(c2ccccc2)c2ccccc21. The molecule has 1 aliphatic heterocycles. The van der Waals surface area contributed by atoms with Gasteiger partial charge >= 0.3 is 5.97 Å². The van der Waals surface area contributed by atoms with Crippen LogP contribution in [-0.4, -0.2) is 24.1 Å². The van der Waals surface area contributed by atoms with Crippen molar-refractivity contribution < 1.29 is 24.2 Å². The molecule has 1 N–H and O–H groups in total. The molecule has 0 aliphatic carbocycles. The highest BCUT2D eigenvalue weighted by Gasteiger charge is 2.69. The largest absolute Gasteiger partial charge is 0.467 e. The van der Waals surface area contributed by atoms with Crippen molar-refractivity contribution in [3.63, 3.8) is 0 Å². The van der Waals surface area contributed by atoms with E-state index in [0.717, 1.165) is 5.56 Å². The van der Waals surface area contributed by atoms with Crippen LogP contribution in [0.2, 0.25) is 0 Å². The Morgan fingerprint density at radius 2 is 1.39 bits per heavy atom. The van der Waals surface area contributed by atoms with E-state index in [1.54, 1.807) is 78.9 Å². The molecule has 0 saturated carbocycles. The summed E-state index contributed by atoms with van der Waals surface area (Å²) in [5.74, 6) is -1.59. The number of rotatable bonds is 7. The Labute approximate surface area is 209 Å². The van der Waals surface area contributed by atoms with Crippen molar-refractivity contribution >= 4 is 23.3 Å². The zero-order valence-corrected chi connectivity index (χ0v) is 19.7. The maximum atomic E-state index is 14.3. The van der Waals surface area contributed by atoms with E-state index < -0.39 is 23.1 Å². The number of fused-ring (bicyclic) bond motifs is 1. The lowest BCUT2D eigenvalue weighted by Gasteiger charge is -2.41. The fourth-order valence-corrected chi connectivity index (χ4v) is 4.84. The molecular weight excluding hydrogens is 454 g/mol. The third-order valence-corrected chi connectivity index (χ3v) is 6.52. The molecule has 6 nitrogen and oxygen atoms in total. The number of hydrogen-bond acceptors (Lipinski definition) is 5. The predicted molar refractivity (Wildman–Crippen MR) is 135 cm³/mol. The molecule has 0 bridgehead atoms. The van der Waals surface area contributed by atoms with Crippen LogP contribution < -0.4 is 4.90 Å². The number of para-hydroxylation sites is 2. The molecule has 6 heteroatoms. The van der Waals surface area contributed by atoms with Crippen molar-refractivity contribution in [3.8, 4) is 0 Å². The van der Waals surface area contributed by atoms with E-state index in [1.807, 2.05) is 36.4 Å². The lowest BCUT2D eigenvalue weighted by Crippen LogP contribution is -2.61. The summed E-state index contributed by atoms with van der Waals surface area (Å²) in [6.07, 6.45) is 0. The van der Waals surface area contributed by atoms with Crippen LogP contribution in [0.15, 0.2) is 115 Å². The molecule has 0 fully saturated rings. The summed E-state index contributed by atoms with van der Waals surface area (Å²) >= 11 is 0. The molecule has 0 saturated heterocycles. The third kappa shape index (κ3) is 3.50. The van der Waals surface area contributed by atoms with Gasteiger partial charge in [0, 0.05) is 11.3 Å². The number of benzene rings is 4. The molecule has 0 aromatic heterocycles. The molecule has 0 radical (unpaired) electrons. The van der Waals surface area contributed by atoms with E-state index in [2.05, 4.69) is 0 Å². The summed E-state index contributed by atoms with van der Waals surface area (Å²) in [6.45, 7) is -0.0477. The Kier molecular flexibility index (Phi) is 6.14. The van der Waals surface area contributed by atoms with Crippen molar-refractivity contribution in [2.75, 3.05) is 12.0 Å². The fourth-order valence-electron chi connectivity index (χ4n) is 4.84. The van der Waals surface area contributed by atoms with Crippen LogP contribution in [0.4, 0.5) is 11.4 Å². The first-order valence-electron chi connectivity index (χ1n) is 11.6. The topological polar surface area (TPSA) is 76.1 Å².